The largest absolute Gasteiger partial charge is 0.320 e. The zero-order valence-electron chi connectivity index (χ0n) is 13.9. The first-order valence-corrected chi connectivity index (χ1v) is 8.91. The molecule has 23 heavy (non-hydrogen) atoms. The van der Waals surface area contributed by atoms with Gasteiger partial charge in [-0.1, -0.05) is 29.8 Å². The van der Waals surface area contributed by atoms with Crippen LogP contribution in [0.1, 0.15) is 51.1 Å². The maximum absolute atomic E-state index is 12.4. The Morgan fingerprint density at radius 3 is 2.17 bits per heavy atom. The fraction of sp³-hybridized carbons (Fsp3) is 0.368. The molecule has 0 saturated carbocycles. The van der Waals surface area contributed by atoms with Crippen LogP contribution in [-0.2, 0) is 4.79 Å². The molecular weight excluding hydrogens is 352 g/mol. The Hall–Kier alpha value is -1.68. The molecule has 0 bridgehead atoms. The van der Waals surface area contributed by atoms with E-state index in [1.807, 2.05) is 48.1 Å². The first-order valence-electron chi connectivity index (χ1n) is 8.12. The van der Waals surface area contributed by atoms with E-state index in [-0.39, 0.29) is 11.9 Å². The molecule has 1 amide bonds. The molecule has 1 atom stereocenters. The summed E-state index contributed by atoms with van der Waals surface area (Å²) in [7, 11) is 0. The third-order valence-electron chi connectivity index (χ3n) is 4.27. The molecule has 1 N–H and O–H groups in total. The minimum Gasteiger partial charge on any atom is -0.320 e. The average Bonchev–Trinajstić information content (AvgIpc) is 2.58. The third-order valence-corrected chi connectivity index (χ3v) is 4.80. The van der Waals surface area contributed by atoms with Crippen molar-refractivity contribution in [3.63, 3.8) is 0 Å². The normalized spacial score (nSPS) is 12.2. The van der Waals surface area contributed by atoms with Gasteiger partial charge in [0.25, 0.3) is 5.91 Å². The van der Waals surface area contributed by atoms with Gasteiger partial charge >= 0.3 is 0 Å². The predicted octanol–water partition coefficient (Wildman–Crippen LogP) is 4.84. The lowest BCUT2D eigenvalue weighted by atomic mass is 9.95. The molecular formula is C19H24BrN2O+. The molecule has 0 radical (unpaired) electrons. The molecule has 4 heteroatoms. The van der Waals surface area contributed by atoms with Crippen molar-refractivity contribution in [2.24, 2.45) is 0 Å². The van der Waals surface area contributed by atoms with Crippen molar-refractivity contribution in [1.82, 2.24) is 0 Å². The van der Waals surface area contributed by atoms with Crippen LogP contribution < -0.4 is 9.88 Å². The van der Waals surface area contributed by atoms with Gasteiger partial charge in [0, 0.05) is 29.2 Å². The molecule has 0 saturated heterocycles. The van der Waals surface area contributed by atoms with Crippen LogP contribution in [0, 0.1) is 0 Å². The highest BCUT2D eigenvalue weighted by Gasteiger charge is 2.22. The van der Waals surface area contributed by atoms with Crippen molar-refractivity contribution in [2.45, 2.75) is 45.6 Å². The Bertz CT molecular complexity index is 633. The van der Waals surface area contributed by atoms with Crippen molar-refractivity contribution in [2.75, 3.05) is 5.32 Å². The fourth-order valence-electron chi connectivity index (χ4n) is 2.66. The van der Waals surface area contributed by atoms with Gasteiger partial charge in [-0.15, -0.1) is 0 Å². The van der Waals surface area contributed by atoms with E-state index in [4.69, 9.17) is 0 Å². The Morgan fingerprint density at radius 2 is 1.65 bits per heavy atom. The zero-order chi connectivity index (χ0) is 16.8. The number of carbonyl (C=O) groups is 1. The lowest BCUT2D eigenvalue weighted by Crippen LogP contribution is -2.44. The van der Waals surface area contributed by atoms with Crippen molar-refractivity contribution in [3.8, 4) is 0 Å². The number of nitrogens with one attached hydrogen (secondary N) is 1. The summed E-state index contributed by atoms with van der Waals surface area (Å²) in [4.78, 5) is 12.4. The number of halogens is 1. The molecule has 0 spiro atoms. The topological polar surface area (TPSA) is 33.0 Å². The predicted molar refractivity (Wildman–Crippen MR) is 97.4 cm³/mol. The SMILES string of the molecule is CCC(CC)c1cc[n+]([C@@H](C)C(=O)Nc2ccc(Br)cc2)cc1. The summed E-state index contributed by atoms with van der Waals surface area (Å²) in [6.07, 6.45) is 6.28. The van der Waals surface area contributed by atoms with Gasteiger partial charge in [-0.2, -0.15) is 4.57 Å². The summed E-state index contributed by atoms with van der Waals surface area (Å²) in [5.41, 5.74) is 2.14. The van der Waals surface area contributed by atoms with Crippen LogP contribution in [0.15, 0.2) is 53.3 Å². The summed E-state index contributed by atoms with van der Waals surface area (Å²) < 4.78 is 2.94. The van der Waals surface area contributed by atoms with Crippen molar-refractivity contribution < 1.29 is 9.36 Å². The van der Waals surface area contributed by atoms with Crippen LogP contribution in [0.5, 0.6) is 0 Å². The minimum absolute atomic E-state index is 0.0207. The molecule has 122 valence electrons. The van der Waals surface area contributed by atoms with E-state index in [1.165, 1.54) is 5.56 Å². The standard InChI is InChI=1S/C19H23BrN2O/c1-4-15(5-2)16-10-12-22(13-11-16)14(3)19(23)21-18-8-6-17(20)7-9-18/h6-15H,4-5H2,1-3H3/p+1/t14-/m0/s1. The second-order valence-corrected chi connectivity index (χ2v) is 6.68. The van der Waals surface area contributed by atoms with Crippen LogP contribution >= 0.6 is 15.9 Å². The second-order valence-electron chi connectivity index (χ2n) is 5.76. The molecule has 0 unspecified atom stereocenters. The molecule has 2 rings (SSSR count). The van der Waals surface area contributed by atoms with Crippen molar-refractivity contribution in [3.05, 3.63) is 58.8 Å². The zero-order valence-corrected chi connectivity index (χ0v) is 15.5. The number of pyridine rings is 1. The summed E-state index contributed by atoms with van der Waals surface area (Å²) >= 11 is 3.39. The van der Waals surface area contributed by atoms with Crippen LogP contribution in [0.2, 0.25) is 0 Å². The van der Waals surface area contributed by atoms with Crippen LogP contribution in [0.4, 0.5) is 5.69 Å². The van der Waals surface area contributed by atoms with E-state index in [0.717, 1.165) is 23.0 Å². The Morgan fingerprint density at radius 1 is 1.09 bits per heavy atom. The van der Waals surface area contributed by atoms with Gasteiger partial charge in [0.1, 0.15) is 0 Å². The molecule has 2 aromatic rings. The Labute approximate surface area is 146 Å². The summed E-state index contributed by atoms with van der Waals surface area (Å²) in [5.74, 6) is 0.573. The van der Waals surface area contributed by atoms with Gasteiger partial charge < -0.3 is 5.32 Å². The van der Waals surface area contributed by atoms with E-state index in [1.54, 1.807) is 0 Å². The third kappa shape index (κ3) is 4.64. The number of benzene rings is 1. The summed E-state index contributed by atoms with van der Waals surface area (Å²) in [6, 6.07) is 11.6. The van der Waals surface area contributed by atoms with Crippen LogP contribution in [-0.4, -0.2) is 5.91 Å². The second kappa shape index (κ2) is 8.25. The van der Waals surface area contributed by atoms with E-state index in [9.17, 15) is 4.79 Å². The highest BCUT2D eigenvalue weighted by molar-refractivity contribution is 9.10. The number of hydrogen-bond acceptors (Lipinski definition) is 1. The maximum atomic E-state index is 12.4. The number of nitrogens with zero attached hydrogens (tertiary/aromatic N) is 1. The molecule has 3 nitrogen and oxygen atoms in total. The molecule has 1 heterocycles. The molecule has 0 aliphatic heterocycles. The van der Waals surface area contributed by atoms with Crippen LogP contribution in [0.25, 0.3) is 0 Å². The lowest BCUT2D eigenvalue weighted by molar-refractivity contribution is -0.705. The maximum Gasteiger partial charge on any atom is 0.293 e. The van der Waals surface area contributed by atoms with Gasteiger partial charge in [0.05, 0.1) is 0 Å². The molecule has 1 aromatic carbocycles. The molecule has 0 aliphatic carbocycles. The van der Waals surface area contributed by atoms with Gasteiger partial charge in [-0.3, -0.25) is 4.79 Å². The van der Waals surface area contributed by atoms with E-state index in [0.29, 0.717) is 5.92 Å². The number of amides is 1. The van der Waals surface area contributed by atoms with Crippen molar-refractivity contribution >= 4 is 27.5 Å². The average molecular weight is 376 g/mol. The number of carbonyl (C=O) groups excluding carboxylic acids is 1. The molecule has 0 aliphatic rings. The molecule has 0 fully saturated rings. The van der Waals surface area contributed by atoms with Crippen LogP contribution in [0.3, 0.4) is 0 Å². The fourth-order valence-corrected chi connectivity index (χ4v) is 2.92. The first kappa shape index (κ1) is 17.7. The van der Waals surface area contributed by atoms with Gasteiger partial charge in [0.15, 0.2) is 12.4 Å². The van der Waals surface area contributed by atoms with E-state index in [2.05, 4.69) is 47.2 Å². The Kier molecular flexibility index (Phi) is 6.34. The minimum atomic E-state index is -0.255. The highest BCUT2D eigenvalue weighted by Crippen LogP contribution is 2.21. The van der Waals surface area contributed by atoms with E-state index >= 15 is 0 Å². The first-order chi connectivity index (χ1) is 11.0. The smallest absolute Gasteiger partial charge is 0.293 e. The van der Waals surface area contributed by atoms with Gasteiger partial charge in [0.2, 0.25) is 6.04 Å². The highest BCUT2D eigenvalue weighted by atomic mass is 79.9. The Balaban J connectivity index is 2.05. The number of anilines is 1. The number of hydrogen-bond donors (Lipinski definition) is 1. The summed E-state index contributed by atoms with van der Waals surface area (Å²) in [6.45, 7) is 6.33. The van der Waals surface area contributed by atoms with Crippen molar-refractivity contribution in [1.29, 1.82) is 0 Å². The monoisotopic (exact) mass is 375 g/mol. The number of rotatable bonds is 6. The van der Waals surface area contributed by atoms with E-state index < -0.39 is 0 Å². The summed E-state index contributed by atoms with van der Waals surface area (Å²) in [5, 5.41) is 2.95. The van der Waals surface area contributed by atoms with Gasteiger partial charge in [-0.05, 0) is 48.6 Å². The molecule has 1 aromatic heterocycles. The lowest BCUT2D eigenvalue weighted by Gasteiger charge is -2.13. The van der Waals surface area contributed by atoms with Gasteiger partial charge in [-0.25, -0.2) is 0 Å². The number of aromatic nitrogens is 1. The quantitative estimate of drug-likeness (QED) is 0.719.